The highest BCUT2D eigenvalue weighted by molar-refractivity contribution is 7.92. The first-order chi connectivity index (χ1) is 20.1. The average molecular weight is 594 g/mol. The number of nitrogens with zero attached hydrogens (tertiary/aromatic N) is 2. The number of fused-ring (bicyclic) bond motifs is 1. The average Bonchev–Trinajstić information content (AvgIpc) is 3.46. The molecule has 1 heterocycles. The number of carbonyl (C=O) groups excluding carboxylic acids is 2. The van der Waals surface area contributed by atoms with Crippen LogP contribution in [0.1, 0.15) is 37.5 Å². The number of sulfonamides is 1. The summed E-state index contributed by atoms with van der Waals surface area (Å²) in [7, 11) is -3.88. The number of rotatable bonds is 13. The zero-order valence-corrected chi connectivity index (χ0v) is 25.4. The van der Waals surface area contributed by atoms with Crippen molar-refractivity contribution >= 4 is 27.5 Å². The number of hydrogen-bond acceptors (Lipinski definition) is 6. The topological polar surface area (TPSA) is 105 Å². The summed E-state index contributed by atoms with van der Waals surface area (Å²) in [4.78, 5) is 29.5. The third kappa shape index (κ3) is 7.82. The molecule has 0 saturated carbocycles. The molecular formula is C32H39N3O6S. The standard InChI is InChI=1S/C32H39N3O6S/c1-5-42(38,39)35(27-15-16-29-30(18-27)41-22-40-29)21-31(36)34(20-26-13-11-24(4)12-14-26)28(32(37)33-19-23(2)3)17-25-9-7-6-8-10-25/h6-16,18,23,28H,5,17,19-22H2,1-4H3,(H,33,37)/t28-/m0/s1. The van der Waals surface area contributed by atoms with Crippen LogP contribution in [-0.4, -0.2) is 56.8 Å². The maximum atomic E-state index is 14.3. The van der Waals surface area contributed by atoms with Gasteiger partial charge in [-0.15, -0.1) is 0 Å². The fraction of sp³-hybridized carbons (Fsp3) is 0.375. The van der Waals surface area contributed by atoms with Crippen LogP contribution in [0, 0.1) is 12.8 Å². The van der Waals surface area contributed by atoms with Gasteiger partial charge in [-0.25, -0.2) is 8.42 Å². The van der Waals surface area contributed by atoms with Crippen LogP contribution in [0.2, 0.25) is 0 Å². The lowest BCUT2D eigenvalue weighted by atomic mass is 10.0. The van der Waals surface area contributed by atoms with Gasteiger partial charge in [-0.2, -0.15) is 0 Å². The molecule has 0 unspecified atom stereocenters. The van der Waals surface area contributed by atoms with Crippen molar-refractivity contribution in [1.29, 1.82) is 0 Å². The third-order valence-electron chi connectivity index (χ3n) is 7.05. The summed E-state index contributed by atoms with van der Waals surface area (Å²) in [5.74, 6) is 0.123. The number of ether oxygens (including phenoxy) is 2. The van der Waals surface area contributed by atoms with E-state index in [2.05, 4.69) is 5.32 Å². The van der Waals surface area contributed by atoms with E-state index < -0.39 is 28.5 Å². The van der Waals surface area contributed by atoms with Crippen molar-refractivity contribution in [3.8, 4) is 11.5 Å². The van der Waals surface area contributed by atoms with Crippen molar-refractivity contribution in [2.24, 2.45) is 5.92 Å². The molecule has 42 heavy (non-hydrogen) atoms. The second kappa shape index (κ2) is 13.7. The minimum absolute atomic E-state index is 0.0369. The molecule has 0 aromatic heterocycles. The molecule has 1 atom stereocenters. The Balaban J connectivity index is 1.73. The lowest BCUT2D eigenvalue weighted by Gasteiger charge is -2.34. The zero-order chi connectivity index (χ0) is 30.3. The Bertz CT molecular complexity index is 1480. The molecule has 0 radical (unpaired) electrons. The van der Waals surface area contributed by atoms with Crippen LogP contribution in [0.5, 0.6) is 11.5 Å². The quantitative estimate of drug-likeness (QED) is 0.317. The number of aryl methyl sites for hydroxylation is 1. The molecule has 0 saturated heterocycles. The van der Waals surface area contributed by atoms with Crippen LogP contribution >= 0.6 is 0 Å². The van der Waals surface area contributed by atoms with E-state index in [0.717, 1.165) is 21.0 Å². The van der Waals surface area contributed by atoms with Gasteiger partial charge in [0.2, 0.25) is 28.6 Å². The second-order valence-corrected chi connectivity index (χ2v) is 13.0. The Labute approximate surface area is 248 Å². The highest BCUT2D eigenvalue weighted by Gasteiger charge is 2.34. The molecular weight excluding hydrogens is 554 g/mol. The number of amides is 2. The normalized spacial score (nSPS) is 13.1. The molecule has 10 heteroatoms. The Kier molecular flexibility index (Phi) is 10.1. The molecule has 4 rings (SSSR count). The summed E-state index contributed by atoms with van der Waals surface area (Å²) in [6.45, 7) is 7.64. The van der Waals surface area contributed by atoms with Crippen LogP contribution in [0.4, 0.5) is 5.69 Å². The fourth-order valence-corrected chi connectivity index (χ4v) is 5.68. The van der Waals surface area contributed by atoms with Crippen molar-refractivity contribution in [3.05, 3.63) is 89.5 Å². The number of hydrogen-bond donors (Lipinski definition) is 1. The van der Waals surface area contributed by atoms with Crippen LogP contribution in [0.3, 0.4) is 0 Å². The van der Waals surface area contributed by atoms with Gasteiger partial charge >= 0.3 is 0 Å². The second-order valence-electron chi connectivity index (χ2n) is 10.8. The first-order valence-corrected chi connectivity index (χ1v) is 15.7. The molecule has 3 aromatic rings. The number of anilines is 1. The monoisotopic (exact) mass is 593 g/mol. The summed E-state index contributed by atoms with van der Waals surface area (Å²) in [6, 6.07) is 21.1. The third-order valence-corrected chi connectivity index (χ3v) is 8.79. The Morgan fingerprint density at radius 2 is 1.62 bits per heavy atom. The lowest BCUT2D eigenvalue weighted by Crippen LogP contribution is -2.53. The van der Waals surface area contributed by atoms with Gasteiger partial charge in [0.05, 0.1) is 11.4 Å². The van der Waals surface area contributed by atoms with E-state index in [0.29, 0.717) is 18.0 Å². The molecule has 3 aromatic carbocycles. The van der Waals surface area contributed by atoms with Gasteiger partial charge in [0.15, 0.2) is 11.5 Å². The highest BCUT2D eigenvalue weighted by atomic mass is 32.2. The molecule has 2 amide bonds. The maximum Gasteiger partial charge on any atom is 0.244 e. The largest absolute Gasteiger partial charge is 0.454 e. The predicted molar refractivity (Wildman–Crippen MR) is 163 cm³/mol. The molecule has 0 spiro atoms. The Morgan fingerprint density at radius 3 is 2.29 bits per heavy atom. The smallest absolute Gasteiger partial charge is 0.244 e. The number of nitrogens with one attached hydrogen (secondary N) is 1. The molecule has 224 valence electrons. The molecule has 0 fully saturated rings. The van der Waals surface area contributed by atoms with Crippen molar-refractivity contribution in [2.45, 2.75) is 46.7 Å². The van der Waals surface area contributed by atoms with Gasteiger partial charge in [0.1, 0.15) is 12.6 Å². The minimum atomic E-state index is -3.88. The SMILES string of the molecule is CCS(=O)(=O)N(CC(=O)N(Cc1ccc(C)cc1)[C@@H](Cc1ccccc1)C(=O)NCC(C)C)c1ccc2c(c1)OCO2. The van der Waals surface area contributed by atoms with Gasteiger partial charge < -0.3 is 19.7 Å². The summed E-state index contributed by atoms with van der Waals surface area (Å²) >= 11 is 0. The van der Waals surface area contributed by atoms with E-state index in [1.165, 1.54) is 11.8 Å². The van der Waals surface area contributed by atoms with Crippen molar-refractivity contribution in [2.75, 3.05) is 29.9 Å². The summed E-state index contributed by atoms with van der Waals surface area (Å²) in [5.41, 5.74) is 3.07. The summed E-state index contributed by atoms with van der Waals surface area (Å²) < 4.78 is 38.6. The van der Waals surface area contributed by atoms with Gasteiger partial charge in [0, 0.05) is 25.6 Å². The van der Waals surface area contributed by atoms with E-state index >= 15 is 0 Å². The van der Waals surface area contributed by atoms with Gasteiger partial charge in [-0.05, 0) is 43.0 Å². The Hall–Kier alpha value is -4.05. The van der Waals surface area contributed by atoms with E-state index in [1.54, 1.807) is 18.2 Å². The fourth-order valence-electron chi connectivity index (χ4n) is 4.63. The van der Waals surface area contributed by atoms with Crippen LogP contribution in [-0.2, 0) is 32.6 Å². The number of benzene rings is 3. The molecule has 9 nitrogen and oxygen atoms in total. The van der Waals surface area contributed by atoms with Crippen molar-refractivity contribution < 1.29 is 27.5 Å². The van der Waals surface area contributed by atoms with Crippen molar-refractivity contribution in [3.63, 3.8) is 0 Å². The zero-order valence-electron chi connectivity index (χ0n) is 24.6. The minimum Gasteiger partial charge on any atom is -0.454 e. The molecule has 0 aliphatic carbocycles. The van der Waals surface area contributed by atoms with Gasteiger partial charge in [0.25, 0.3) is 0 Å². The first kappa shape index (κ1) is 30.9. The summed E-state index contributed by atoms with van der Waals surface area (Å²) in [6.07, 6.45) is 0.271. The van der Waals surface area contributed by atoms with Gasteiger partial charge in [-0.1, -0.05) is 74.0 Å². The summed E-state index contributed by atoms with van der Waals surface area (Å²) in [5, 5.41) is 2.99. The van der Waals surface area contributed by atoms with E-state index in [4.69, 9.17) is 9.47 Å². The van der Waals surface area contributed by atoms with Crippen LogP contribution in [0.25, 0.3) is 0 Å². The van der Waals surface area contributed by atoms with E-state index in [9.17, 15) is 18.0 Å². The van der Waals surface area contributed by atoms with Gasteiger partial charge in [-0.3, -0.25) is 13.9 Å². The van der Waals surface area contributed by atoms with E-state index in [-0.39, 0.29) is 43.0 Å². The predicted octanol–water partition coefficient (Wildman–Crippen LogP) is 4.29. The van der Waals surface area contributed by atoms with Crippen molar-refractivity contribution in [1.82, 2.24) is 10.2 Å². The van der Waals surface area contributed by atoms with Crippen LogP contribution in [0.15, 0.2) is 72.8 Å². The molecule has 1 aliphatic heterocycles. The highest BCUT2D eigenvalue weighted by Crippen LogP contribution is 2.36. The Morgan fingerprint density at radius 1 is 0.929 bits per heavy atom. The van der Waals surface area contributed by atoms with E-state index in [1.807, 2.05) is 75.4 Å². The number of carbonyl (C=O) groups is 2. The maximum absolute atomic E-state index is 14.3. The molecule has 1 N–H and O–H groups in total. The molecule has 0 bridgehead atoms. The first-order valence-electron chi connectivity index (χ1n) is 14.1. The molecule has 1 aliphatic rings. The van der Waals surface area contributed by atoms with Crippen LogP contribution < -0.4 is 19.1 Å². The lowest BCUT2D eigenvalue weighted by molar-refractivity contribution is -0.140.